The summed E-state index contributed by atoms with van der Waals surface area (Å²) in [6.07, 6.45) is 4.78. The molecule has 0 heterocycles. The molecule has 0 saturated carbocycles. The minimum atomic E-state index is -0.462. The van der Waals surface area contributed by atoms with Crippen LogP contribution in [0.2, 0.25) is 0 Å². The zero-order valence-corrected chi connectivity index (χ0v) is 11.2. The molecule has 3 heteroatoms. The molecule has 0 aliphatic rings. The predicted octanol–water partition coefficient (Wildman–Crippen LogP) is 2.48. The fraction of sp³-hybridized carbons (Fsp3) is 0.923. The molecular formula is C13H27NO2. The van der Waals surface area contributed by atoms with Crippen LogP contribution >= 0.6 is 0 Å². The number of hydrogen-bond donors (Lipinski definition) is 2. The number of aliphatic hydroxyl groups excluding tert-OH is 1. The van der Waals surface area contributed by atoms with Gasteiger partial charge >= 0.3 is 0 Å². The fourth-order valence-electron chi connectivity index (χ4n) is 1.61. The Morgan fingerprint density at radius 3 is 2.38 bits per heavy atom. The highest BCUT2D eigenvalue weighted by molar-refractivity contribution is 5.79. The van der Waals surface area contributed by atoms with Crippen molar-refractivity contribution in [2.75, 3.05) is 6.61 Å². The van der Waals surface area contributed by atoms with Crippen molar-refractivity contribution < 1.29 is 9.90 Å². The Morgan fingerprint density at radius 1 is 1.38 bits per heavy atom. The highest BCUT2D eigenvalue weighted by atomic mass is 16.3. The van der Waals surface area contributed by atoms with Crippen LogP contribution in [0.1, 0.15) is 59.8 Å². The molecule has 0 aliphatic carbocycles. The van der Waals surface area contributed by atoms with Gasteiger partial charge in [-0.25, -0.2) is 0 Å². The molecule has 0 fully saturated rings. The number of rotatable bonds is 8. The van der Waals surface area contributed by atoms with Crippen molar-refractivity contribution in [1.29, 1.82) is 0 Å². The van der Waals surface area contributed by atoms with Crippen LogP contribution in [0.15, 0.2) is 0 Å². The first-order chi connectivity index (χ1) is 7.52. The maximum Gasteiger partial charge on any atom is 0.223 e. The zero-order chi connectivity index (χ0) is 12.6. The summed E-state index contributed by atoms with van der Waals surface area (Å²) < 4.78 is 0. The average molecular weight is 229 g/mol. The molecule has 1 amide bonds. The maximum atomic E-state index is 12.0. The number of amides is 1. The normalized spacial score (nSPS) is 16.6. The summed E-state index contributed by atoms with van der Waals surface area (Å²) >= 11 is 0. The number of hydrogen-bond acceptors (Lipinski definition) is 2. The maximum absolute atomic E-state index is 12.0. The lowest BCUT2D eigenvalue weighted by atomic mass is 9.94. The van der Waals surface area contributed by atoms with E-state index in [1.54, 1.807) is 0 Å². The molecule has 2 atom stereocenters. The number of carbonyl (C=O) groups is 1. The van der Waals surface area contributed by atoms with Gasteiger partial charge in [-0.2, -0.15) is 0 Å². The van der Waals surface area contributed by atoms with Crippen LogP contribution in [-0.2, 0) is 4.79 Å². The number of carbonyl (C=O) groups excluding carboxylic acids is 1. The highest BCUT2D eigenvalue weighted by Crippen LogP contribution is 2.15. The molecule has 0 bridgehead atoms. The van der Waals surface area contributed by atoms with Crippen LogP contribution in [0.5, 0.6) is 0 Å². The van der Waals surface area contributed by atoms with Crippen LogP contribution in [0.4, 0.5) is 0 Å². The Morgan fingerprint density at radius 2 is 2.00 bits per heavy atom. The van der Waals surface area contributed by atoms with Crippen molar-refractivity contribution in [2.24, 2.45) is 5.92 Å². The van der Waals surface area contributed by atoms with Crippen molar-refractivity contribution >= 4 is 5.91 Å². The Kier molecular flexibility index (Phi) is 7.39. The van der Waals surface area contributed by atoms with E-state index in [2.05, 4.69) is 12.2 Å². The largest absolute Gasteiger partial charge is 0.394 e. The second-order valence-electron chi connectivity index (χ2n) is 4.81. The zero-order valence-electron chi connectivity index (χ0n) is 11.2. The van der Waals surface area contributed by atoms with Gasteiger partial charge in [0, 0.05) is 5.92 Å². The topological polar surface area (TPSA) is 49.3 Å². The third-order valence-corrected chi connectivity index (χ3v) is 3.32. The Labute approximate surface area is 99.6 Å². The predicted molar refractivity (Wildman–Crippen MR) is 67.2 cm³/mol. The quantitative estimate of drug-likeness (QED) is 0.672. The molecule has 0 spiro atoms. The van der Waals surface area contributed by atoms with Gasteiger partial charge in [0.05, 0.1) is 12.1 Å². The molecule has 0 radical (unpaired) electrons. The van der Waals surface area contributed by atoms with Crippen molar-refractivity contribution in [1.82, 2.24) is 5.32 Å². The minimum Gasteiger partial charge on any atom is -0.394 e. The SMILES string of the molecule is CCCCC(CC)C(=O)NC(C)(CC)CO. The first kappa shape index (κ1) is 15.4. The molecule has 0 saturated heterocycles. The summed E-state index contributed by atoms with van der Waals surface area (Å²) in [6.45, 7) is 8.04. The lowest BCUT2D eigenvalue weighted by Gasteiger charge is -2.29. The third-order valence-electron chi connectivity index (χ3n) is 3.32. The smallest absolute Gasteiger partial charge is 0.223 e. The fourth-order valence-corrected chi connectivity index (χ4v) is 1.61. The van der Waals surface area contributed by atoms with Crippen LogP contribution in [-0.4, -0.2) is 23.2 Å². The summed E-state index contributed by atoms with van der Waals surface area (Å²) in [6, 6.07) is 0. The summed E-state index contributed by atoms with van der Waals surface area (Å²) in [7, 11) is 0. The van der Waals surface area contributed by atoms with E-state index in [9.17, 15) is 9.90 Å². The Balaban J connectivity index is 4.29. The molecule has 0 rings (SSSR count). The van der Waals surface area contributed by atoms with Crippen LogP contribution in [0, 0.1) is 5.92 Å². The second-order valence-corrected chi connectivity index (χ2v) is 4.81. The minimum absolute atomic E-state index is 0.000544. The molecular weight excluding hydrogens is 202 g/mol. The van der Waals surface area contributed by atoms with E-state index in [1.165, 1.54) is 0 Å². The molecule has 0 aromatic carbocycles. The number of aliphatic hydroxyl groups is 1. The molecule has 0 aliphatic heterocycles. The summed E-state index contributed by atoms with van der Waals surface area (Å²) in [5.74, 6) is 0.187. The molecule has 96 valence electrons. The van der Waals surface area contributed by atoms with E-state index < -0.39 is 5.54 Å². The molecule has 16 heavy (non-hydrogen) atoms. The van der Waals surface area contributed by atoms with E-state index in [1.807, 2.05) is 20.8 Å². The number of nitrogens with one attached hydrogen (secondary N) is 1. The van der Waals surface area contributed by atoms with E-state index in [-0.39, 0.29) is 18.4 Å². The molecule has 2 N–H and O–H groups in total. The van der Waals surface area contributed by atoms with Crippen LogP contribution < -0.4 is 5.32 Å². The van der Waals surface area contributed by atoms with E-state index in [4.69, 9.17) is 0 Å². The molecule has 0 aromatic heterocycles. The van der Waals surface area contributed by atoms with E-state index in [0.29, 0.717) is 0 Å². The number of unbranched alkanes of at least 4 members (excludes halogenated alkanes) is 1. The highest BCUT2D eigenvalue weighted by Gasteiger charge is 2.26. The van der Waals surface area contributed by atoms with Gasteiger partial charge in [-0.15, -0.1) is 0 Å². The van der Waals surface area contributed by atoms with Crippen LogP contribution in [0.25, 0.3) is 0 Å². The summed E-state index contributed by atoms with van der Waals surface area (Å²) in [4.78, 5) is 12.0. The van der Waals surface area contributed by atoms with E-state index >= 15 is 0 Å². The van der Waals surface area contributed by atoms with Gasteiger partial charge in [0.2, 0.25) is 5.91 Å². The average Bonchev–Trinajstić information content (AvgIpc) is 2.29. The van der Waals surface area contributed by atoms with Crippen molar-refractivity contribution in [3.63, 3.8) is 0 Å². The Hall–Kier alpha value is -0.570. The van der Waals surface area contributed by atoms with Gasteiger partial charge in [0.25, 0.3) is 0 Å². The summed E-state index contributed by atoms with van der Waals surface area (Å²) in [5, 5.41) is 12.2. The van der Waals surface area contributed by atoms with Crippen molar-refractivity contribution in [3.8, 4) is 0 Å². The van der Waals surface area contributed by atoms with Crippen molar-refractivity contribution in [3.05, 3.63) is 0 Å². The monoisotopic (exact) mass is 229 g/mol. The second kappa shape index (κ2) is 7.66. The lowest BCUT2D eigenvalue weighted by Crippen LogP contribution is -2.50. The molecule has 2 unspecified atom stereocenters. The van der Waals surface area contributed by atoms with Gasteiger partial charge in [-0.05, 0) is 26.2 Å². The van der Waals surface area contributed by atoms with Gasteiger partial charge in [-0.3, -0.25) is 4.79 Å². The first-order valence-electron chi connectivity index (χ1n) is 6.45. The van der Waals surface area contributed by atoms with E-state index in [0.717, 1.165) is 32.1 Å². The first-order valence-corrected chi connectivity index (χ1v) is 6.45. The Bertz CT molecular complexity index is 200. The standard InChI is InChI=1S/C13H27NO2/c1-5-8-9-11(6-2)12(16)14-13(4,7-3)10-15/h11,15H,5-10H2,1-4H3,(H,14,16). The van der Waals surface area contributed by atoms with Gasteiger partial charge in [0.1, 0.15) is 0 Å². The third kappa shape index (κ3) is 4.97. The molecule has 0 aromatic rings. The van der Waals surface area contributed by atoms with Crippen molar-refractivity contribution in [2.45, 2.75) is 65.3 Å². The lowest BCUT2D eigenvalue weighted by molar-refractivity contribution is -0.127. The van der Waals surface area contributed by atoms with Gasteiger partial charge < -0.3 is 10.4 Å². The van der Waals surface area contributed by atoms with Gasteiger partial charge in [0.15, 0.2) is 0 Å². The van der Waals surface area contributed by atoms with Gasteiger partial charge in [-0.1, -0.05) is 33.6 Å². The van der Waals surface area contributed by atoms with Crippen LogP contribution in [0.3, 0.4) is 0 Å². The summed E-state index contributed by atoms with van der Waals surface area (Å²) in [5.41, 5.74) is -0.462. The molecule has 3 nitrogen and oxygen atoms in total.